The van der Waals surface area contributed by atoms with Crippen molar-refractivity contribution in [2.75, 3.05) is 20.1 Å². The fourth-order valence-electron chi connectivity index (χ4n) is 4.03. The van der Waals surface area contributed by atoms with Gasteiger partial charge < -0.3 is 10.2 Å². The minimum atomic E-state index is -0.199. The third kappa shape index (κ3) is 6.31. The number of hydrogen-bond acceptors (Lipinski definition) is 3. The minimum Gasteiger partial charge on any atom is -0.338 e. The summed E-state index contributed by atoms with van der Waals surface area (Å²) in [7, 11) is 1.85. The number of hydrogen-bond donors (Lipinski definition) is 3. The Hall–Kier alpha value is -1.92. The van der Waals surface area contributed by atoms with Crippen LogP contribution in [-0.4, -0.2) is 37.1 Å². The van der Waals surface area contributed by atoms with Gasteiger partial charge in [-0.25, -0.2) is 9.18 Å². The van der Waals surface area contributed by atoms with Gasteiger partial charge in [0, 0.05) is 32.2 Å². The standard InChI is InChI=1S/C22H33FN4O/c1-27(22(28)24-13-12-17-7-3-2-4-8-17)14-6-11-20-16-21(26-25-20)18-9-5-10-19(23)15-18/h5,7,9-10,15,20-21,25-26H,2-4,6,8,11-14,16H2,1H3,(H,24,28). The van der Waals surface area contributed by atoms with Gasteiger partial charge in [0.05, 0.1) is 0 Å². The quantitative estimate of drug-likeness (QED) is 0.589. The Morgan fingerprint density at radius 3 is 3.00 bits per heavy atom. The van der Waals surface area contributed by atoms with Crippen molar-refractivity contribution >= 4 is 6.03 Å². The minimum absolute atomic E-state index is 0.00607. The van der Waals surface area contributed by atoms with Crippen molar-refractivity contribution in [3.8, 4) is 0 Å². The maximum Gasteiger partial charge on any atom is 0.317 e. The summed E-state index contributed by atoms with van der Waals surface area (Å²) in [5, 5.41) is 3.02. The molecule has 6 heteroatoms. The number of nitrogens with zero attached hydrogens (tertiary/aromatic N) is 1. The van der Waals surface area contributed by atoms with Crippen LogP contribution >= 0.6 is 0 Å². The average Bonchev–Trinajstić information content (AvgIpc) is 3.17. The Morgan fingerprint density at radius 1 is 1.32 bits per heavy atom. The Kier molecular flexibility index (Phi) is 7.86. The average molecular weight is 389 g/mol. The molecule has 1 aromatic rings. The highest BCUT2D eigenvalue weighted by Crippen LogP contribution is 2.24. The molecule has 5 nitrogen and oxygen atoms in total. The van der Waals surface area contributed by atoms with E-state index in [1.165, 1.54) is 37.3 Å². The zero-order valence-corrected chi connectivity index (χ0v) is 16.8. The molecule has 1 aliphatic heterocycles. The number of carbonyl (C=O) groups excluding carboxylic acids is 1. The van der Waals surface area contributed by atoms with Crippen LogP contribution < -0.4 is 16.2 Å². The van der Waals surface area contributed by atoms with Crippen LogP contribution in [0.25, 0.3) is 0 Å². The van der Waals surface area contributed by atoms with Gasteiger partial charge in [-0.15, -0.1) is 0 Å². The summed E-state index contributed by atoms with van der Waals surface area (Å²) in [6.45, 7) is 1.45. The Balaban J connectivity index is 1.30. The normalized spacial score (nSPS) is 22.0. The van der Waals surface area contributed by atoms with Gasteiger partial charge >= 0.3 is 6.03 Å². The zero-order chi connectivity index (χ0) is 19.8. The van der Waals surface area contributed by atoms with Gasteiger partial charge in [-0.05, 0) is 69.1 Å². The number of hydrazine groups is 1. The number of nitrogens with one attached hydrogen (secondary N) is 3. The lowest BCUT2D eigenvalue weighted by molar-refractivity contribution is 0.207. The summed E-state index contributed by atoms with van der Waals surface area (Å²) >= 11 is 0. The number of urea groups is 1. The van der Waals surface area contributed by atoms with Gasteiger partial charge in [0.25, 0.3) is 0 Å². The predicted molar refractivity (Wildman–Crippen MR) is 110 cm³/mol. The van der Waals surface area contributed by atoms with E-state index in [0.29, 0.717) is 6.04 Å². The smallest absolute Gasteiger partial charge is 0.317 e. The lowest BCUT2D eigenvalue weighted by Gasteiger charge is -2.19. The highest BCUT2D eigenvalue weighted by Gasteiger charge is 2.25. The topological polar surface area (TPSA) is 56.4 Å². The first-order valence-corrected chi connectivity index (χ1v) is 10.5. The number of halogens is 1. The number of allylic oxidation sites excluding steroid dienone is 1. The van der Waals surface area contributed by atoms with E-state index in [-0.39, 0.29) is 17.9 Å². The molecule has 0 aromatic heterocycles. The van der Waals surface area contributed by atoms with Crippen molar-refractivity contribution in [3.63, 3.8) is 0 Å². The molecule has 1 aliphatic carbocycles. The third-order valence-corrected chi connectivity index (χ3v) is 5.73. The van der Waals surface area contributed by atoms with E-state index in [9.17, 15) is 9.18 Å². The van der Waals surface area contributed by atoms with Crippen LogP contribution in [0.15, 0.2) is 35.9 Å². The molecule has 1 aromatic carbocycles. The molecule has 0 radical (unpaired) electrons. The molecule has 0 spiro atoms. The number of rotatable bonds is 8. The van der Waals surface area contributed by atoms with Gasteiger partial charge in [0.2, 0.25) is 0 Å². The van der Waals surface area contributed by atoms with Crippen molar-refractivity contribution in [1.82, 2.24) is 21.1 Å². The first-order chi connectivity index (χ1) is 13.6. The Labute approximate surface area is 167 Å². The number of benzene rings is 1. The van der Waals surface area contributed by atoms with E-state index in [4.69, 9.17) is 0 Å². The van der Waals surface area contributed by atoms with E-state index in [0.717, 1.165) is 44.3 Å². The first kappa shape index (κ1) is 20.8. The number of amides is 2. The summed E-state index contributed by atoms with van der Waals surface area (Å²) in [6, 6.07) is 7.23. The van der Waals surface area contributed by atoms with Gasteiger partial charge in [-0.3, -0.25) is 10.9 Å². The predicted octanol–water partition coefficient (Wildman–Crippen LogP) is 4.05. The maximum absolute atomic E-state index is 13.4. The molecule has 0 saturated carbocycles. The second kappa shape index (κ2) is 10.6. The van der Waals surface area contributed by atoms with Crippen LogP contribution in [0, 0.1) is 5.82 Å². The first-order valence-electron chi connectivity index (χ1n) is 10.5. The van der Waals surface area contributed by atoms with Crippen LogP contribution in [0.2, 0.25) is 0 Å². The fourth-order valence-corrected chi connectivity index (χ4v) is 4.03. The molecule has 2 aliphatic rings. The van der Waals surface area contributed by atoms with Gasteiger partial charge in [0.15, 0.2) is 0 Å². The van der Waals surface area contributed by atoms with Gasteiger partial charge in [-0.2, -0.15) is 0 Å². The summed E-state index contributed by atoms with van der Waals surface area (Å²) < 4.78 is 13.4. The summed E-state index contributed by atoms with van der Waals surface area (Å²) in [5.41, 5.74) is 9.02. The highest BCUT2D eigenvalue weighted by molar-refractivity contribution is 5.73. The Morgan fingerprint density at radius 2 is 2.21 bits per heavy atom. The number of carbonyl (C=O) groups is 1. The van der Waals surface area contributed by atoms with Gasteiger partial charge in [0.1, 0.15) is 5.82 Å². The van der Waals surface area contributed by atoms with Crippen molar-refractivity contribution in [2.24, 2.45) is 0 Å². The van der Waals surface area contributed by atoms with E-state index in [1.54, 1.807) is 17.0 Å². The summed E-state index contributed by atoms with van der Waals surface area (Å²) in [6.07, 6.45) is 11.1. The SMILES string of the molecule is CN(CCCC1CC(c2cccc(F)c2)NN1)C(=O)NCCC1=CCCCC1. The largest absolute Gasteiger partial charge is 0.338 e. The van der Waals surface area contributed by atoms with Crippen LogP contribution in [0.3, 0.4) is 0 Å². The van der Waals surface area contributed by atoms with E-state index in [2.05, 4.69) is 22.2 Å². The Bertz CT molecular complexity index is 678. The van der Waals surface area contributed by atoms with Crippen molar-refractivity contribution in [1.29, 1.82) is 0 Å². The van der Waals surface area contributed by atoms with Crippen molar-refractivity contribution < 1.29 is 9.18 Å². The molecule has 28 heavy (non-hydrogen) atoms. The molecule has 1 saturated heterocycles. The molecule has 2 atom stereocenters. The molecule has 3 rings (SSSR count). The summed E-state index contributed by atoms with van der Waals surface area (Å²) in [4.78, 5) is 14.0. The lowest BCUT2D eigenvalue weighted by Crippen LogP contribution is -2.39. The molecular weight excluding hydrogens is 355 g/mol. The molecule has 3 N–H and O–H groups in total. The van der Waals surface area contributed by atoms with Crippen LogP contribution in [0.1, 0.15) is 63.0 Å². The zero-order valence-electron chi connectivity index (χ0n) is 16.8. The van der Waals surface area contributed by atoms with Gasteiger partial charge in [-0.1, -0.05) is 23.8 Å². The third-order valence-electron chi connectivity index (χ3n) is 5.73. The lowest BCUT2D eigenvalue weighted by atomic mass is 9.97. The molecule has 2 amide bonds. The molecule has 0 bridgehead atoms. The second-order valence-corrected chi connectivity index (χ2v) is 7.98. The molecule has 1 fully saturated rings. The molecule has 1 heterocycles. The maximum atomic E-state index is 13.4. The van der Waals surface area contributed by atoms with Crippen molar-refractivity contribution in [3.05, 3.63) is 47.3 Å². The van der Waals surface area contributed by atoms with Crippen molar-refractivity contribution in [2.45, 2.75) is 63.5 Å². The highest BCUT2D eigenvalue weighted by atomic mass is 19.1. The van der Waals surface area contributed by atoms with Crippen LogP contribution in [0.4, 0.5) is 9.18 Å². The van der Waals surface area contributed by atoms with E-state index in [1.807, 2.05) is 13.1 Å². The summed E-state index contributed by atoms with van der Waals surface area (Å²) in [5.74, 6) is -0.199. The second-order valence-electron chi connectivity index (χ2n) is 7.98. The van der Waals surface area contributed by atoms with Crippen LogP contribution in [0.5, 0.6) is 0 Å². The molecule has 2 unspecified atom stereocenters. The fraction of sp³-hybridized carbons (Fsp3) is 0.591. The van der Waals surface area contributed by atoms with E-state index >= 15 is 0 Å². The molecule has 154 valence electrons. The molecular formula is C22H33FN4O. The van der Waals surface area contributed by atoms with Crippen LogP contribution in [-0.2, 0) is 0 Å². The van der Waals surface area contributed by atoms with E-state index < -0.39 is 0 Å². The monoisotopic (exact) mass is 388 g/mol.